The van der Waals surface area contributed by atoms with Crippen molar-refractivity contribution in [3.05, 3.63) is 65.6 Å². The minimum absolute atomic E-state index is 0.196. The fourth-order valence-corrected chi connectivity index (χ4v) is 4.51. The number of benzene rings is 2. The van der Waals surface area contributed by atoms with Crippen LogP contribution in [0, 0.1) is 12.7 Å². The number of amides is 1. The highest BCUT2D eigenvalue weighted by Gasteiger charge is 2.54. The predicted octanol–water partition coefficient (Wildman–Crippen LogP) is 4.00. The second-order valence-electron chi connectivity index (χ2n) is 8.09. The maximum atomic E-state index is 13.8. The molecule has 1 N–H and O–H groups in total. The van der Waals surface area contributed by atoms with Crippen LogP contribution >= 0.6 is 0 Å². The Kier molecular flexibility index (Phi) is 3.93. The maximum absolute atomic E-state index is 13.8. The highest BCUT2D eigenvalue weighted by atomic mass is 19.1. The Morgan fingerprint density at radius 1 is 1.07 bits per heavy atom. The van der Waals surface area contributed by atoms with Crippen LogP contribution < -0.4 is 4.90 Å². The molecule has 1 aliphatic heterocycles. The molecule has 2 aromatic carbocycles. The Hall–Kier alpha value is -2.82. The van der Waals surface area contributed by atoms with Crippen LogP contribution in [-0.2, 0) is 10.2 Å². The summed E-state index contributed by atoms with van der Waals surface area (Å²) in [7, 11) is 0. The smallest absolute Gasteiger partial charge is 0.233 e. The molecule has 0 spiro atoms. The van der Waals surface area contributed by atoms with E-state index in [0.717, 1.165) is 55.5 Å². The number of anilines is 1. The van der Waals surface area contributed by atoms with Crippen LogP contribution in [0.3, 0.4) is 0 Å². The van der Waals surface area contributed by atoms with Crippen LogP contribution in [0.15, 0.2) is 48.7 Å². The zero-order valence-corrected chi connectivity index (χ0v) is 16.0. The van der Waals surface area contributed by atoms with E-state index < -0.39 is 5.41 Å². The summed E-state index contributed by atoms with van der Waals surface area (Å²) in [5.74, 6) is -0.0649. The van der Waals surface area contributed by atoms with Crippen molar-refractivity contribution in [2.75, 3.05) is 31.1 Å². The van der Waals surface area contributed by atoms with E-state index in [1.54, 1.807) is 12.1 Å². The largest absolute Gasteiger partial charge is 0.368 e. The van der Waals surface area contributed by atoms with Crippen molar-refractivity contribution in [3.8, 4) is 0 Å². The number of fused-ring (bicyclic) bond motifs is 1. The number of halogens is 1. The van der Waals surface area contributed by atoms with E-state index in [0.29, 0.717) is 0 Å². The molecule has 5 heteroatoms. The van der Waals surface area contributed by atoms with Crippen LogP contribution in [0.2, 0.25) is 0 Å². The van der Waals surface area contributed by atoms with Gasteiger partial charge in [0, 0.05) is 49.0 Å². The zero-order chi connectivity index (χ0) is 19.3. The number of aromatic nitrogens is 1. The average Bonchev–Trinajstić information content (AvgIpc) is 3.41. The van der Waals surface area contributed by atoms with Crippen LogP contribution in [0.4, 0.5) is 10.1 Å². The molecule has 3 aromatic rings. The molecule has 1 aliphatic carbocycles. The Balaban J connectivity index is 1.35. The Morgan fingerprint density at radius 3 is 2.57 bits per heavy atom. The number of carbonyl (C=O) groups excluding carboxylic acids is 1. The van der Waals surface area contributed by atoms with E-state index >= 15 is 0 Å². The molecule has 0 bridgehead atoms. The summed E-state index contributed by atoms with van der Waals surface area (Å²) in [6.45, 7) is 5.24. The Bertz CT molecular complexity index is 1040. The summed E-state index contributed by atoms with van der Waals surface area (Å²) in [6.07, 6.45) is 3.58. The van der Waals surface area contributed by atoms with Gasteiger partial charge in [-0.15, -0.1) is 0 Å². The lowest BCUT2D eigenvalue weighted by atomic mass is 9.93. The first-order valence-corrected chi connectivity index (χ1v) is 9.95. The number of piperazine rings is 1. The fraction of sp³-hybridized carbons (Fsp3) is 0.348. The highest BCUT2D eigenvalue weighted by Crippen LogP contribution is 2.52. The lowest BCUT2D eigenvalue weighted by Crippen LogP contribution is -2.51. The summed E-state index contributed by atoms with van der Waals surface area (Å²) in [5.41, 5.74) is 3.84. The van der Waals surface area contributed by atoms with Gasteiger partial charge in [-0.1, -0.05) is 12.1 Å². The number of hydrogen-bond acceptors (Lipinski definition) is 2. The SMILES string of the molecule is Cc1cccc(N2CCN(C(=O)C3(c4c[nH]c5ccc(F)cc45)CC3)CC2)c1. The summed E-state index contributed by atoms with van der Waals surface area (Å²) in [6, 6.07) is 13.3. The summed E-state index contributed by atoms with van der Waals surface area (Å²) < 4.78 is 13.8. The van der Waals surface area contributed by atoms with Crippen molar-refractivity contribution < 1.29 is 9.18 Å². The molecule has 5 rings (SSSR count). The molecule has 1 saturated carbocycles. The van der Waals surface area contributed by atoms with Gasteiger partial charge in [0.25, 0.3) is 0 Å². The maximum Gasteiger partial charge on any atom is 0.233 e. The topological polar surface area (TPSA) is 39.3 Å². The number of carbonyl (C=O) groups is 1. The molecule has 1 amide bonds. The lowest BCUT2D eigenvalue weighted by molar-refractivity contribution is -0.134. The lowest BCUT2D eigenvalue weighted by Gasteiger charge is -2.38. The summed E-state index contributed by atoms with van der Waals surface area (Å²) in [5, 5.41) is 0.837. The molecule has 1 aromatic heterocycles. The van der Waals surface area contributed by atoms with E-state index in [1.165, 1.54) is 17.3 Å². The monoisotopic (exact) mass is 377 g/mol. The molecule has 2 fully saturated rings. The number of nitrogens with one attached hydrogen (secondary N) is 1. The Morgan fingerprint density at radius 2 is 1.86 bits per heavy atom. The van der Waals surface area contributed by atoms with Gasteiger partial charge < -0.3 is 14.8 Å². The number of rotatable bonds is 3. The van der Waals surface area contributed by atoms with Gasteiger partial charge in [-0.05, 0) is 61.2 Å². The van der Waals surface area contributed by atoms with Gasteiger partial charge in [-0.2, -0.15) is 0 Å². The van der Waals surface area contributed by atoms with Crippen molar-refractivity contribution in [1.82, 2.24) is 9.88 Å². The first-order chi connectivity index (χ1) is 13.6. The van der Waals surface area contributed by atoms with Gasteiger partial charge in [-0.25, -0.2) is 4.39 Å². The second-order valence-corrected chi connectivity index (χ2v) is 8.09. The third-order valence-corrected chi connectivity index (χ3v) is 6.25. The molecule has 2 heterocycles. The minimum Gasteiger partial charge on any atom is -0.368 e. The van der Waals surface area contributed by atoms with Gasteiger partial charge in [0.05, 0.1) is 5.41 Å². The number of nitrogens with zero attached hydrogens (tertiary/aromatic N) is 2. The molecule has 0 radical (unpaired) electrons. The van der Waals surface area contributed by atoms with Crippen LogP contribution in [0.25, 0.3) is 10.9 Å². The van der Waals surface area contributed by atoms with E-state index in [1.807, 2.05) is 11.1 Å². The van der Waals surface area contributed by atoms with Gasteiger partial charge in [0.2, 0.25) is 5.91 Å². The number of aromatic amines is 1. The van der Waals surface area contributed by atoms with Gasteiger partial charge in [0.15, 0.2) is 0 Å². The van der Waals surface area contributed by atoms with Gasteiger partial charge >= 0.3 is 0 Å². The highest BCUT2D eigenvalue weighted by molar-refractivity contribution is 5.97. The van der Waals surface area contributed by atoms with Crippen LogP contribution in [0.5, 0.6) is 0 Å². The summed E-state index contributed by atoms with van der Waals surface area (Å²) >= 11 is 0. The van der Waals surface area contributed by atoms with Crippen molar-refractivity contribution >= 4 is 22.5 Å². The first kappa shape index (κ1) is 17.3. The number of aryl methyl sites for hydroxylation is 1. The fourth-order valence-electron chi connectivity index (χ4n) is 4.51. The third kappa shape index (κ3) is 2.77. The average molecular weight is 377 g/mol. The molecule has 2 aliphatic rings. The van der Waals surface area contributed by atoms with E-state index in [4.69, 9.17) is 0 Å². The molecule has 4 nitrogen and oxygen atoms in total. The minimum atomic E-state index is -0.475. The van der Waals surface area contributed by atoms with E-state index in [9.17, 15) is 9.18 Å². The summed E-state index contributed by atoms with van der Waals surface area (Å²) in [4.78, 5) is 21.0. The van der Waals surface area contributed by atoms with Crippen molar-refractivity contribution in [2.24, 2.45) is 0 Å². The Labute approximate surface area is 163 Å². The second kappa shape index (κ2) is 6.36. The predicted molar refractivity (Wildman–Crippen MR) is 109 cm³/mol. The molecular weight excluding hydrogens is 353 g/mol. The van der Waals surface area contributed by atoms with E-state index in [-0.39, 0.29) is 11.7 Å². The zero-order valence-electron chi connectivity index (χ0n) is 16.0. The molecule has 144 valence electrons. The van der Waals surface area contributed by atoms with E-state index in [2.05, 4.69) is 41.1 Å². The molecule has 1 saturated heterocycles. The third-order valence-electron chi connectivity index (χ3n) is 6.25. The van der Waals surface area contributed by atoms with Crippen LogP contribution in [0.1, 0.15) is 24.0 Å². The van der Waals surface area contributed by atoms with Crippen LogP contribution in [-0.4, -0.2) is 42.0 Å². The molecule has 0 atom stereocenters. The van der Waals surface area contributed by atoms with Gasteiger partial charge in [-0.3, -0.25) is 4.79 Å². The normalized spacial score (nSPS) is 18.5. The molecule has 28 heavy (non-hydrogen) atoms. The van der Waals surface area contributed by atoms with Crippen molar-refractivity contribution in [3.63, 3.8) is 0 Å². The van der Waals surface area contributed by atoms with Gasteiger partial charge in [0.1, 0.15) is 5.82 Å². The van der Waals surface area contributed by atoms with Crippen molar-refractivity contribution in [1.29, 1.82) is 0 Å². The standard InChI is InChI=1S/C23H24FN3O/c1-16-3-2-4-18(13-16)26-9-11-27(12-10-26)22(28)23(7-8-23)20-15-25-21-6-5-17(24)14-19(20)21/h2-6,13-15,25H,7-12H2,1H3. The molecule has 0 unspecified atom stereocenters. The molecular formula is C23H24FN3O. The van der Waals surface area contributed by atoms with Crippen molar-refractivity contribution in [2.45, 2.75) is 25.2 Å². The first-order valence-electron chi connectivity index (χ1n) is 9.95. The number of hydrogen-bond donors (Lipinski definition) is 1. The number of H-pyrrole nitrogens is 1. The quantitative estimate of drug-likeness (QED) is 0.749.